The van der Waals surface area contributed by atoms with Crippen LogP contribution in [0.3, 0.4) is 0 Å². The molecule has 1 aromatic rings. The fourth-order valence-corrected chi connectivity index (χ4v) is 2.36. The van der Waals surface area contributed by atoms with Gasteiger partial charge in [-0.3, -0.25) is 4.79 Å². The second kappa shape index (κ2) is 5.52. The molecule has 1 unspecified atom stereocenters. The number of benzene rings is 1. The highest BCUT2D eigenvalue weighted by Crippen LogP contribution is 2.17. The zero-order chi connectivity index (χ0) is 12.3. The number of carbonyl (C=O) groups is 1. The fourth-order valence-electron chi connectivity index (χ4n) is 2.04. The molecule has 0 aromatic heterocycles. The Kier molecular flexibility index (Phi) is 4.02. The van der Waals surface area contributed by atoms with E-state index in [4.69, 9.17) is 11.6 Å². The largest absolute Gasteiger partial charge is 0.348 e. The van der Waals surface area contributed by atoms with Crippen LogP contribution in [0.5, 0.6) is 0 Å². The number of halogens is 1. The molecular formula is C13H17ClN2O. The Morgan fingerprint density at radius 3 is 3.00 bits per heavy atom. The maximum atomic E-state index is 12.0. The summed E-state index contributed by atoms with van der Waals surface area (Å²) in [7, 11) is 0. The van der Waals surface area contributed by atoms with Gasteiger partial charge in [0.05, 0.1) is 10.6 Å². The molecular weight excluding hydrogens is 236 g/mol. The zero-order valence-electron chi connectivity index (χ0n) is 9.92. The number of piperidine rings is 1. The van der Waals surface area contributed by atoms with E-state index < -0.39 is 0 Å². The van der Waals surface area contributed by atoms with Crippen LogP contribution in [0.1, 0.15) is 28.8 Å². The van der Waals surface area contributed by atoms with Crippen LogP contribution in [-0.4, -0.2) is 25.0 Å². The molecule has 0 bridgehead atoms. The number of aryl methyl sites for hydroxylation is 1. The number of hydrogen-bond acceptors (Lipinski definition) is 2. The van der Waals surface area contributed by atoms with Crippen LogP contribution in [0.25, 0.3) is 0 Å². The van der Waals surface area contributed by atoms with Crippen molar-refractivity contribution in [3.05, 3.63) is 34.3 Å². The highest BCUT2D eigenvalue weighted by atomic mass is 35.5. The molecule has 1 aliphatic heterocycles. The lowest BCUT2D eigenvalue weighted by Gasteiger charge is -2.24. The zero-order valence-corrected chi connectivity index (χ0v) is 10.7. The summed E-state index contributed by atoms with van der Waals surface area (Å²) in [5, 5.41) is 6.80. The Hall–Kier alpha value is -1.06. The molecule has 0 spiro atoms. The van der Waals surface area contributed by atoms with Crippen molar-refractivity contribution in [3.8, 4) is 0 Å². The van der Waals surface area contributed by atoms with Crippen molar-refractivity contribution in [1.29, 1.82) is 0 Å². The lowest BCUT2D eigenvalue weighted by Crippen LogP contribution is -2.45. The van der Waals surface area contributed by atoms with Crippen LogP contribution in [0.4, 0.5) is 0 Å². The lowest BCUT2D eigenvalue weighted by atomic mass is 10.1. The minimum absolute atomic E-state index is 0.0799. The maximum absolute atomic E-state index is 12.0. The van der Waals surface area contributed by atoms with Gasteiger partial charge in [0.15, 0.2) is 0 Å². The Morgan fingerprint density at radius 2 is 2.35 bits per heavy atom. The standard InChI is InChI=1S/C13H17ClN2O/c1-9-4-5-11(12(14)7-9)13(17)16-10-3-2-6-15-8-10/h4-5,7,10,15H,2-3,6,8H2,1H3,(H,16,17). The van der Waals surface area contributed by atoms with Crippen molar-refractivity contribution < 1.29 is 4.79 Å². The van der Waals surface area contributed by atoms with Crippen LogP contribution in [0, 0.1) is 6.92 Å². The first-order valence-corrected chi connectivity index (χ1v) is 6.32. The van der Waals surface area contributed by atoms with E-state index in [1.54, 1.807) is 6.07 Å². The number of carbonyl (C=O) groups excluding carboxylic acids is 1. The molecule has 1 amide bonds. The van der Waals surface area contributed by atoms with Crippen molar-refractivity contribution in [1.82, 2.24) is 10.6 Å². The molecule has 17 heavy (non-hydrogen) atoms. The van der Waals surface area contributed by atoms with E-state index in [0.717, 1.165) is 31.5 Å². The predicted octanol–water partition coefficient (Wildman–Crippen LogP) is 2.13. The monoisotopic (exact) mass is 252 g/mol. The summed E-state index contributed by atoms with van der Waals surface area (Å²) in [5.41, 5.74) is 1.62. The summed E-state index contributed by atoms with van der Waals surface area (Å²) < 4.78 is 0. The third-order valence-electron chi connectivity index (χ3n) is 3.00. The van der Waals surface area contributed by atoms with E-state index >= 15 is 0 Å². The summed E-state index contributed by atoms with van der Waals surface area (Å²) in [6.07, 6.45) is 2.13. The molecule has 0 saturated carbocycles. The Morgan fingerprint density at radius 1 is 1.53 bits per heavy atom. The van der Waals surface area contributed by atoms with Gasteiger partial charge in [-0.05, 0) is 44.0 Å². The fraction of sp³-hybridized carbons (Fsp3) is 0.462. The SMILES string of the molecule is Cc1ccc(C(=O)NC2CCCNC2)c(Cl)c1. The average molecular weight is 253 g/mol. The average Bonchev–Trinajstić information content (AvgIpc) is 2.30. The molecule has 0 radical (unpaired) electrons. The van der Waals surface area contributed by atoms with Gasteiger partial charge in [-0.25, -0.2) is 0 Å². The van der Waals surface area contributed by atoms with Crippen molar-refractivity contribution >= 4 is 17.5 Å². The molecule has 1 saturated heterocycles. The van der Waals surface area contributed by atoms with Gasteiger partial charge in [-0.2, -0.15) is 0 Å². The summed E-state index contributed by atoms with van der Waals surface area (Å²) in [6, 6.07) is 5.72. The topological polar surface area (TPSA) is 41.1 Å². The first-order valence-electron chi connectivity index (χ1n) is 5.94. The third-order valence-corrected chi connectivity index (χ3v) is 3.31. The highest BCUT2D eigenvalue weighted by Gasteiger charge is 2.17. The van der Waals surface area contributed by atoms with E-state index in [2.05, 4.69) is 10.6 Å². The molecule has 1 aromatic carbocycles. The molecule has 1 atom stereocenters. The van der Waals surface area contributed by atoms with E-state index in [-0.39, 0.29) is 11.9 Å². The second-order valence-electron chi connectivity index (χ2n) is 4.50. The van der Waals surface area contributed by atoms with Crippen molar-refractivity contribution in [2.75, 3.05) is 13.1 Å². The molecule has 92 valence electrons. The van der Waals surface area contributed by atoms with Crippen LogP contribution < -0.4 is 10.6 Å². The molecule has 1 heterocycles. The van der Waals surface area contributed by atoms with Gasteiger partial charge in [0.2, 0.25) is 0 Å². The van der Waals surface area contributed by atoms with Crippen molar-refractivity contribution in [2.45, 2.75) is 25.8 Å². The minimum atomic E-state index is -0.0799. The van der Waals surface area contributed by atoms with Crippen molar-refractivity contribution in [2.24, 2.45) is 0 Å². The normalized spacial score (nSPS) is 20.0. The molecule has 2 rings (SSSR count). The number of nitrogens with one attached hydrogen (secondary N) is 2. The smallest absolute Gasteiger partial charge is 0.253 e. The summed E-state index contributed by atoms with van der Waals surface area (Å²) in [4.78, 5) is 12.0. The van der Waals surface area contributed by atoms with Crippen molar-refractivity contribution in [3.63, 3.8) is 0 Å². The third kappa shape index (κ3) is 3.20. The van der Waals surface area contributed by atoms with Crippen LogP contribution in [0.15, 0.2) is 18.2 Å². The summed E-state index contributed by atoms with van der Waals surface area (Å²) >= 11 is 6.07. The minimum Gasteiger partial charge on any atom is -0.348 e. The molecule has 0 aliphatic carbocycles. The van der Waals surface area contributed by atoms with Crippen LogP contribution in [-0.2, 0) is 0 Å². The first kappa shape index (κ1) is 12.4. The van der Waals surface area contributed by atoms with E-state index in [9.17, 15) is 4.79 Å². The van der Waals surface area contributed by atoms with Gasteiger partial charge < -0.3 is 10.6 Å². The van der Waals surface area contributed by atoms with Crippen LogP contribution in [0.2, 0.25) is 5.02 Å². The van der Waals surface area contributed by atoms with Gasteiger partial charge in [0.1, 0.15) is 0 Å². The Labute approximate surface area is 107 Å². The second-order valence-corrected chi connectivity index (χ2v) is 4.91. The van der Waals surface area contributed by atoms with Gasteiger partial charge in [-0.1, -0.05) is 17.7 Å². The van der Waals surface area contributed by atoms with E-state index in [1.165, 1.54) is 0 Å². The molecule has 1 aliphatic rings. The summed E-state index contributed by atoms with van der Waals surface area (Å²) in [6.45, 7) is 3.84. The Bertz CT molecular complexity index is 414. The van der Waals surface area contributed by atoms with E-state index in [0.29, 0.717) is 10.6 Å². The van der Waals surface area contributed by atoms with Gasteiger partial charge in [0.25, 0.3) is 5.91 Å². The molecule has 4 heteroatoms. The lowest BCUT2D eigenvalue weighted by molar-refractivity contribution is 0.0931. The Balaban J connectivity index is 2.03. The van der Waals surface area contributed by atoms with Crippen LogP contribution >= 0.6 is 11.6 Å². The van der Waals surface area contributed by atoms with Gasteiger partial charge in [-0.15, -0.1) is 0 Å². The number of hydrogen-bond donors (Lipinski definition) is 2. The number of amides is 1. The first-order chi connectivity index (χ1) is 8.16. The highest BCUT2D eigenvalue weighted by molar-refractivity contribution is 6.33. The van der Waals surface area contributed by atoms with E-state index in [1.807, 2.05) is 19.1 Å². The molecule has 3 nitrogen and oxygen atoms in total. The molecule has 2 N–H and O–H groups in total. The van der Waals surface area contributed by atoms with Gasteiger partial charge in [0, 0.05) is 12.6 Å². The molecule has 1 fully saturated rings. The predicted molar refractivity (Wildman–Crippen MR) is 69.5 cm³/mol. The quantitative estimate of drug-likeness (QED) is 0.847. The van der Waals surface area contributed by atoms with Gasteiger partial charge >= 0.3 is 0 Å². The summed E-state index contributed by atoms with van der Waals surface area (Å²) in [5.74, 6) is -0.0799. The maximum Gasteiger partial charge on any atom is 0.253 e. The number of rotatable bonds is 2.